The summed E-state index contributed by atoms with van der Waals surface area (Å²) in [5.74, 6) is 0.259. The van der Waals surface area contributed by atoms with E-state index in [0.717, 1.165) is 18.4 Å². The Morgan fingerprint density at radius 3 is 2.76 bits per heavy atom. The molecule has 0 spiro atoms. The fraction of sp³-hybridized carbons (Fsp3) is 0.357. The highest BCUT2D eigenvalue weighted by atomic mass is 16.5. The highest BCUT2D eigenvalue weighted by Crippen LogP contribution is 2.18. The summed E-state index contributed by atoms with van der Waals surface area (Å²) >= 11 is 0. The van der Waals surface area contributed by atoms with Crippen molar-refractivity contribution >= 4 is 5.97 Å². The zero-order valence-corrected chi connectivity index (χ0v) is 10.3. The summed E-state index contributed by atoms with van der Waals surface area (Å²) in [6, 6.07) is 5.14. The Labute approximate surface area is 102 Å². The van der Waals surface area contributed by atoms with Crippen molar-refractivity contribution in [1.29, 1.82) is 0 Å². The van der Waals surface area contributed by atoms with Gasteiger partial charge in [-0.15, -0.1) is 0 Å². The van der Waals surface area contributed by atoms with Crippen molar-refractivity contribution in [3.63, 3.8) is 0 Å². The van der Waals surface area contributed by atoms with E-state index in [1.165, 1.54) is 7.11 Å². The van der Waals surface area contributed by atoms with Gasteiger partial charge in [-0.2, -0.15) is 0 Å². The molecule has 0 amide bonds. The lowest BCUT2D eigenvalue weighted by Crippen LogP contribution is -2.03. The topological polar surface area (TPSA) is 35.5 Å². The molecule has 1 rings (SSSR count). The molecular formula is C14H17O3. The lowest BCUT2D eigenvalue weighted by Gasteiger charge is -2.08. The average Bonchev–Trinajstić information content (AvgIpc) is 2.37. The first-order chi connectivity index (χ1) is 8.21. The molecule has 1 aromatic rings. The summed E-state index contributed by atoms with van der Waals surface area (Å²) in [7, 11) is 1.35. The molecule has 0 aromatic heterocycles. The van der Waals surface area contributed by atoms with E-state index >= 15 is 0 Å². The van der Waals surface area contributed by atoms with Crippen LogP contribution in [0.2, 0.25) is 0 Å². The maximum atomic E-state index is 11.4. The number of esters is 1. The van der Waals surface area contributed by atoms with Gasteiger partial charge >= 0.3 is 5.97 Å². The minimum absolute atomic E-state index is 0.387. The average molecular weight is 233 g/mol. The Kier molecular flexibility index (Phi) is 5.27. The van der Waals surface area contributed by atoms with E-state index in [4.69, 9.17) is 4.74 Å². The molecule has 0 saturated carbocycles. The smallest absolute Gasteiger partial charge is 0.338 e. The first-order valence-corrected chi connectivity index (χ1v) is 5.60. The van der Waals surface area contributed by atoms with Crippen molar-refractivity contribution in [1.82, 2.24) is 0 Å². The molecule has 3 heteroatoms. The van der Waals surface area contributed by atoms with Gasteiger partial charge in [-0.05, 0) is 36.3 Å². The molecule has 0 aliphatic heterocycles. The van der Waals surface area contributed by atoms with Crippen LogP contribution in [0, 0.1) is 6.08 Å². The van der Waals surface area contributed by atoms with Crippen molar-refractivity contribution in [2.45, 2.75) is 19.8 Å². The summed E-state index contributed by atoms with van der Waals surface area (Å²) < 4.78 is 10.2. The molecule has 0 N–H and O–H groups in total. The van der Waals surface area contributed by atoms with Gasteiger partial charge in [-0.1, -0.05) is 19.9 Å². The van der Waals surface area contributed by atoms with Gasteiger partial charge in [0.25, 0.3) is 0 Å². The number of carbonyl (C=O) groups excluding carboxylic acids is 1. The molecule has 17 heavy (non-hydrogen) atoms. The van der Waals surface area contributed by atoms with Gasteiger partial charge in [0.1, 0.15) is 5.75 Å². The predicted molar refractivity (Wildman–Crippen MR) is 66.2 cm³/mol. The van der Waals surface area contributed by atoms with Crippen molar-refractivity contribution in [2.75, 3.05) is 13.7 Å². The van der Waals surface area contributed by atoms with E-state index in [1.54, 1.807) is 18.2 Å². The monoisotopic (exact) mass is 233 g/mol. The number of methoxy groups -OCH3 is 1. The van der Waals surface area contributed by atoms with Crippen LogP contribution in [0.25, 0.3) is 0 Å². The number of hydrogen-bond donors (Lipinski definition) is 0. The molecular weight excluding hydrogens is 216 g/mol. The normalized spacial score (nSPS) is 9.76. The summed E-state index contributed by atoms with van der Waals surface area (Å²) in [5, 5.41) is 0. The highest BCUT2D eigenvalue weighted by molar-refractivity contribution is 5.90. The minimum atomic E-state index is -0.387. The SMILES string of the molecule is C=[C]c1cc(OCCCC)cc(C(=O)OC)c1. The molecule has 91 valence electrons. The van der Waals surface area contributed by atoms with Crippen LogP contribution in [0.4, 0.5) is 0 Å². The van der Waals surface area contributed by atoms with Gasteiger partial charge in [0.05, 0.1) is 19.3 Å². The van der Waals surface area contributed by atoms with Crippen LogP contribution in [0.3, 0.4) is 0 Å². The molecule has 0 heterocycles. The Morgan fingerprint density at radius 1 is 1.41 bits per heavy atom. The molecule has 0 aliphatic rings. The highest BCUT2D eigenvalue weighted by Gasteiger charge is 2.08. The molecule has 0 fully saturated rings. The second-order valence-electron chi connectivity index (χ2n) is 3.62. The largest absolute Gasteiger partial charge is 0.494 e. The van der Waals surface area contributed by atoms with Crippen LogP contribution in [-0.2, 0) is 4.74 Å². The van der Waals surface area contributed by atoms with Crippen LogP contribution < -0.4 is 4.74 Å². The van der Waals surface area contributed by atoms with Crippen molar-refractivity contribution in [3.05, 3.63) is 42.0 Å². The van der Waals surface area contributed by atoms with E-state index in [2.05, 4.69) is 24.3 Å². The molecule has 1 aromatic carbocycles. The van der Waals surface area contributed by atoms with Gasteiger partial charge in [0.15, 0.2) is 0 Å². The second kappa shape index (κ2) is 6.74. The maximum Gasteiger partial charge on any atom is 0.338 e. The van der Waals surface area contributed by atoms with E-state index in [-0.39, 0.29) is 5.97 Å². The van der Waals surface area contributed by atoms with Crippen molar-refractivity contribution < 1.29 is 14.3 Å². The van der Waals surface area contributed by atoms with Gasteiger partial charge in [-0.3, -0.25) is 0 Å². The quantitative estimate of drug-likeness (QED) is 0.559. The van der Waals surface area contributed by atoms with Crippen molar-refractivity contribution in [3.8, 4) is 5.75 Å². The van der Waals surface area contributed by atoms with Crippen LogP contribution >= 0.6 is 0 Å². The summed E-state index contributed by atoms with van der Waals surface area (Å²) in [6.45, 7) is 6.29. The van der Waals surface area contributed by atoms with E-state index in [1.807, 2.05) is 0 Å². The van der Waals surface area contributed by atoms with E-state index in [0.29, 0.717) is 17.9 Å². The van der Waals surface area contributed by atoms with Crippen LogP contribution in [0.15, 0.2) is 24.8 Å². The first kappa shape index (κ1) is 13.3. The van der Waals surface area contributed by atoms with E-state index in [9.17, 15) is 4.79 Å². The third kappa shape index (κ3) is 3.94. The molecule has 3 nitrogen and oxygen atoms in total. The summed E-state index contributed by atoms with van der Waals surface area (Å²) in [6.07, 6.45) is 4.79. The third-order valence-electron chi connectivity index (χ3n) is 2.30. The molecule has 0 unspecified atom stereocenters. The maximum absolute atomic E-state index is 11.4. The Morgan fingerprint density at radius 2 is 2.18 bits per heavy atom. The van der Waals surface area contributed by atoms with Crippen LogP contribution in [0.1, 0.15) is 35.7 Å². The van der Waals surface area contributed by atoms with E-state index < -0.39 is 0 Å². The molecule has 0 bridgehead atoms. The molecule has 0 atom stereocenters. The molecule has 0 saturated heterocycles. The number of unbranched alkanes of at least 4 members (excludes halogenated alkanes) is 1. The van der Waals surface area contributed by atoms with Gasteiger partial charge in [0.2, 0.25) is 0 Å². The zero-order chi connectivity index (χ0) is 12.7. The number of carbonyl (C=O) groups is 1. The minimum Gasteiger partial charge on any atom is -0.494 e. The number of rotatable bonds is 6. The predicted octanol–water partition coefficient (Wildman–Crippen LogP) is 2.99. The van der Waals surface area contributed by atoms with Gasteiger partial charge in [0, 0.05) is 0 Å². The van der Waals surface area contributed by atoms with Crippen LogP contribution in [0.5, 0.6) is 5.75 Å². The molecule has 1 radical (unpaired) electrons. The van der Waals surface area contributed by atoms with Crippen LogP contribution in [-0.4, -0.2) is 19.7 Å². The second-order valence-corrected chi connectivity index (χ2v) is 3.62. The Hall–Kier alpha value is -1.77. The summed E-state index contributed by atoms with van der Waals surface area (Å²) in [4.78, 5) is 11.4. The fourth-order valence-corrected chi connectivity index (χ4v) is 1.35. The zero-order valence-electron chi connectivity index (χ0n) is 10.3. The van der Waals surface area contributed by atoms with Gasteiger partial charge < -0.3 is 9.47 Å². The number of benzene rings is 1. The van der Waals surface area contributed by atoms with Gasteiger partial charge in [-0.25, -0.2) is 4.79 Å². The Bertz CT molecular complexity index is 396. The molecule has 0 aliphatic carbocycles. The summed E-state index contributed by atoms with van der Waals surface area (Å²) in [5.41, 5.74) is 1.17. The fourth-order valence-electron chi connectivity index (χ4n) is 1.35. The lowest BCUT2D eigenvalue weighted by atomic mass is 10.1. The van der Waals surface area contributed by atoms with Crippen molar-refractivity contribution in [2.24, 2.45) is 0 Å². The third-order valence-corrected chi connectivity index (χ3v) is 2.30. The standard InChI is InChI=1S/C14H17O3/c1-4-6-7-17-13-9-11(5-2)8-12(10-13)14(15)16-3/h8-10H,2,4,6-7H2,1,3H3. The first-order valence-electron chi connectivity index (χ1n) is 5.60. The Balaban J connectivity index is 2.89. The number of ether oxygens (including phenoxy) is 2. The lowest BCUT2D eigenvalue weighted by molar-refractivity contribution is 0.0600. The number of hydrogen-bond acceptors (Lipinski definition) is 3.